The lowest BCUT2D eigenvalue weighted by molar-refractivity contribution is 0.295. The smallest absolute Gasteiger partial charge is 0.172 e. The molecule has 0 radical (unpaired) electrons. The van der Waals surface area contributed by atoms with E-state index in [4.69, 9.17) is 39.0 Å². The molecule has 3 N–H and O–H groups in total. The fourth-order valence-electron chi connectivity index (χ4n) is 1.64. The van der Waals surface area contributed by atoms with E-state index in [-0.39, 0.29) is 0 Å². The lowest BCUT2D eigenvalue weighted by Gasteiger charge is -2.23. The second-order valence-electron chi connectivity index (χ2n) is 4.07. The third kappa shape index (κ3) is 4.05. The molecule has 112 valence electrons. The summed E-state index contributed by atoms with van der Waals surface area (Å²) in [4.78, 5) is 1.77. The SMILES string of the molecule is CNC(=S)N(C)c1cc(OC)c(OCCCCl)cc1N. The summed E-state index contributed by atoms with van der Waals surface area (Å²) in [6, 6.07) is 3.53. The molecule has 20 heavy (non-hydrogen) atoms. The van der Waals surface area contributed by atoms with Crippen LogP contribution in [0.3, 0.4) is 0 Å². The van der Waals surface area contributed by atoms with Crippen molar-refractivity contribution in [3.05, 3.63) is 12.1 Å². The first-order valence-electron chi connectivity index (χ1n) is 6.16. The Labute approximate surface area is 130 Å². The summed E-state index contributed by atoms with van der Waals surface area (Å²) in [7, 11) is 5.17. The summed E-state index contributed by atoms with van der Waals surface area (Å²) in [5.74, 6) is 1.76. The van der Waals surface area contributed by atoms with Crippen LogP contribution in [-0.2, 0) is 0 Å². The number of nitrogen functional groups attached to an aromatic ring is 1. The second kappa shape index (κ2) is 8.01. The molecule has 0 fully saturated rings. The van der Waals surface area contributed by atoms with Crippen molar-refractivity contribution in [1.82, 2.24) is 5.32 Å². The Hall–Kier alpha value is -1.40. The van der Waals surface area contributed by atoms with Crippen LogP contribution in [-0.4, -0.2) is 38.8 Å². The summed E-state index contributed by atoms with van der Waals surface area (Å²) in [5, 5.41) is 3.46. The normalized spacial score (nSPS) is 10.0. The number of ether oxygens (including phenoxy) is 2. The van der Waals surface area contributed by atoms with Crippen LogP contribution in [0.2, 0.25) is 0 Å². The molecule has 0 heterocycles. The van der Waals surface area contributed by atoms with Gasteiger partial charge in [-0.05, 0) is 18.6 Å². The Morgan fingerprint density at radius 1 is 1.45 bits per heavy atom. The van der Waals surface area contributed by atoms with Crippen LogP contribution in [0.1, 0.15) is 6.42 Å². The minimum Gasteiger partial charge on any atom is -0.493 e. The van der Waals surface area contributed by atoms with Crippen LogP contribution >= 0.6 is 23.8 Å². The Morgan fingerprint density at radius 3 is 2.70 bits per heavy atom. The first-order chi connectivity index (χ1) is 9.54. The van der Waals surface area contributed by atoms with E-state index in [1.54, 1.807) is 31.2 Å². The highest BCUT2D eigenvalue weighted by molar-refractivity contribution is 7.80. The van der Waals surface area contributed by atoms with E-state index in [2.05, 4.69) is 5.32 Å². The number of thiocarbonyl (C=S) groups is 1. The van der Waals surface area contributed by atoms with E-state index < -0.39 is 0 Å². The molecule has 0 aliphatic rings. The van der Waals surface area contributed by atoms with Gasteiger partial charge in [0.15, 0.2) is 16.6 Å². The molecule has 0 unspecified atom stereocenters. The molecule has 0 aliphatic carbocycles. The number of nitrogens with two attached hydrogens (primary N) is 1. The number of hydrogen-bond acceptors (Lipinski definition) is 4. The fraction of sp³-hybridized carbons (Fsp3) is 0.462. The van der Waals surface area contributed by atoms with Crippen molar-refractivity contribution in [1.29, 1.82) is 0 Å². The van der Waals surface area contributed by atoms with Gasteiger partial charge in [-0.1, -0.05) is 0 Å². The van der Waals surface area contributed by atoms with Crippen molar-refractivity contribution < 1.29 is 9.47 Å². The predicted octanol–water partition coefficient (Wildman–Crippen LogP) is 2.23. The van der Waals surface area contributed by atoms with Crippen molar-refractivity contribution in [3.63, 3.8) is 0 Å². The van der Waals surface area contributed by atoms with Crippen LogP contribution < -0.4 is 25.4 Å². The molecule has 1 rings (SSSR count). The first-order valence-corrected chi connectivity index (χ1v) is 7.11. The summed E-state index contributed by atoms with van der Waals surface area (Å²) >= 11 is 10.8. The second-order valence-corrected chi connectivity index (χ2v) is 4.83. The number of halogens is 1. The van der Waals surface area contributed by atoms with Crippen molar-refractivity contribution >= 4 is 40.3 Å². The van der Waals surface area contributed by atoms with Gasteiger partial charge in [-0.25, -0.2) is 0 Å². The standard InChI is InChI=1S/C13H20ClN3O2S/c1-16-13(20)17(2)10-8-11(18-3)12(7-9(10)15)19-6-4-5-14/h7-8H,4-6,15H2,1-3H3,(H,16,20). The summed E-state index contributed by atoms with van der Waals surface area (Å²) in [6.45, 7) is 0.517. The number of alkyl halides is 1. The van der Waals surface area contributed by atoms with Gasteiger partial charge in [0, 0.05) is 32.1 Å². The molecule has 7 heteroatoms. The summed E-state index contributed by atoms with van der Waals surface area (Å²) in [5.41, 5.74) is 7.37. The van der Waals surface area contributed by atoms with Crippen molar-refractivity contribution in [2.75, 3.05) is 44.3 Å². The molecule has 1 aromatic rings. The topological polar surface area (TPSA) is 59.8 Å². The number of anilines is 2. The molecule has 0 aliphatic heterocycles. The van der Waals surface area contributed by atoms with Crippen molar-refractivity contribution in [2.24, 2.45) is 0 Å². The molecular weight excluding hydrogens is 298 g/mol. The van der Waals surface area contributed by atoms with Crippen molar-refractivity contribution in [2.45, 2.75) is 6.42 Å². The Morgan fingerprint density at radius 2 is 2.15 bits per heavy atom. The van der Waals surface area contributed by atoms with Gasteiger partial charge in [0.1, 0.15) is 0 Å². The van der Waals surface area contributed by atoms with E-state index in [1.165, 1.54) is 0 Å². The van der Waals surface area contributed by atoms with Gasteiger partial charge >= 0.3 is 0 Å². The van der Waals surface area contributed by atoms with Gasteiger partial charge in [-0.15, -0.1) is 11.6 Å². The fourth-order valence-corrected chi connectivity index (χ4v) is 1.85. The zero-order chi connectivity index (χ0) is 15.1. The minimum absolute atomic E-state index is 0.517. The van der Waals surface area contributed by atoms with E-state index in [9.17, 15) is 0 Å². The van der Waals surface area contributed by atoms with E-state index in [0.717, 1.165) is 12.1 Å². The molecule has 5 nitrogen and oxygen atoms in total. The molecule has 0 spiro atoms. The van der Waals surface area contributed by atoms with Gasteiger partial charge in [0.05, 0.1) is 25.1 Å². The quantitative estimate of drug-likeness (QED) is 0.363. The highest BCUT2D eigenvalue weighted by atomic mass is 35.5. The molecule has 0 atom stereocenters. The van der Waals surface area contributed by atoms with Crippen molar-refractivity contribution in [3.8, 4) is 11.5 Å². The van der Waals surface area contributed by atoms with Crippen LogP contribution in [0, 0.1) is 0 Å². The third-order valence-electron chi connectivity index (χ3n) is 2.73. The molecule has 0 aromatic heterocycles. The van der Waals surface area contributed by atoms with E-state index in [0.29, 0.717) is 34.8 Å². The average molecular weight is 318 g/mol. The maximum atomic E-state index is 6.05. The molecule has 0 saturated heterocycles. The minimum atomic E-state index is 0.517. The third-order valence-corrected chi connectivity index (χ3v) is 3.47. The maximum Gasteiger partial charge on any atom is 0.172 e. The molecule has 1 aromatic carbocycles. The zero-order valence-corrected chi connectivity index (χ0v) is 13.5. The van der Waals surface area contributed by atoms with Crippen LogP contribution in [0.15, 0.2) is 12.1 Å². The monoisotopic (exact) mass is 317 g/mol. The molecule has 0 amide bonds. The maximum absolute atomic E-state index is 6.05. The predicted molar refractivity (Wildman–Crippen MR) is 88.3 cm³/mol. The Balaban J connectivity index is 3.03. The highest BCUT2D eigenvalue weighted by Crippen LogP contribution is 2.36. The molecule has 0 saturated carbocycles. The largest absolute Gasteiger partial charge is 0.493 e. The van der Waals surface area contributed by atoms with Gasteiger partial charge in [0.25, 0.3) is 0 Å². The van der Waals surface area contributed by atoms with Gasteiger partial charge in [-0.2, -0.15) is 0 Å². The number of hydrogen-bond donors (Lipinski definition) is 2. The lowest BCUT2D eigenvalue weighted by atomic mass is 10.2. The van der Waals surface area contributed by atoms with Crippen LogP contribution in [0.5, 0.6) is 11.5 Å². The van der Waals surface area contributed by atoms with E-state index in [1.807, 2.05) is 7.05 Å². The molecular formula is C13H20ClN3O2S. The van der Waals surface area contributed by atoms with Crippen LogP contribution in [0.4, 0.5) is 11.4 Å². The number of methoxy groups -OCH3 is 1. The van der Waals surface area contributed by atoms with Gasteiger partial charge in [-0.3, -0.25) is 0 Å². The number of benzene rings is 1. The number of nitrogens with zero attached hydrogens (tertiary/aromatic N) is 1. The highest BCUT2D eigenvalue weighted by Gasteiger charge is 2.14. The van der Waals surface area contributed by atoms with Gasteiger partial charge in [0.2, 0.25) is 0 Å². The number of rotatable bonds is 6. The number of nitrogens with one attached hydrogen (secondary N) is 1. The molecule has 0 bridgehead atoms. The zero-order valence-electron chi connectivity index (χ0n) is 11.9. The average Bonchev–Trinajstić information content (AvgIpc) is 2.46. The summed E-state index contributed by atoms with van der Waals surface area (Å²) in [6.07, 6.45) is 0.760. The Kier molecular flexibility index (Phi) is 6.67. The van der Waals surface area contributed by atoms with Gasteiger partial charge < -0.3 is 25.4 Å². The van der Waals surface area contributed by atoms with E-state index >= 15 is 0 Å². The summed E-state index contributed by atoms with van der Waals surface area (Å²) < 4.78 is 10.9. The Bertz CT molecular complexity index is 471. The lowest BCUT2D eigenvalue weighted by Crippen LogP contribution is -2.34. The first kappa shape index (κ1) is 16.7. The van der Waals surface area contributed by atoms with Crippen LogP contribution in [0.25, 0.3) is 0 Å².